The van der Waals surface area contributed by atoms with Gasteiger partial charge in [-0.1, -0.05) is 123 Å². The molecule has 0 saturated heterocycles. The molecule has 2 rings (SSSR count). The molecule has 0 fully saturated rings. The van der Waals surface area contributed by atoms with Gasteiger partial charge in [0.1, 0.15) is 5.75 Å². The second-order valence-corrected chi connectivity index (χ2v) is 11.2. The highest BCUT2D eigenvalue weighted by Crippen LogP contribution is 2.21. The van der Waals surface area contributed by atoms with Crippen molar-refractivity contribution in [2.75, 3.05) is 0 Å². The molecule has 0 atom stereocenters. The number of carbonyl (C=O) groups excluding carboxylic acids is 2. The van der Waals surface area contributed by atoms with Gasteiger partial charge in [-0.3, -0.25) is 9.59 Å². The highest BCUT2D eigenvalue weighted by molar-refractivity contribution is 5.73. The number of hydrogen-bond donors (Lipinski definition) is 0. The van der Waals surface area contributed by atoms with Gasteiger partial charge in [0.25, 0.3) is 0 Å². The fraction of sp³-hybridized carbons (Fsp3) is 0.657. The lowest BCUT2D eigenvalue weighted by molar-refractivity contribution is -0.135. The number of ether oxygens (including phenoxy) is 2. The quantitative estimate of drug-likeness (QED) is 0.0714. The third-order valence-corrected chi connectivity index (χ3v) is 7.42. The van der Waals surface area contributed by atoms with Crippen molar-refractivity contribution in [2.45, 2.75) is 149 Å². The molecule has 0 aliphatic rings. The summed E-state index contributed by atoms with van der Waals surface area (Å²) in [5.74, 6) is 0.961. The van der Waals surface area contributed by atoms with E-state index < -0.39 is 0 Å². The van der Waals surface area contributed by atoms with E-state index in [9.17, 15) is 9.59 Å². The monoisotopic (exact) mass is 566 g/mol. The maximum absolute atomic E-state index is 12.2. The summed E-state index contributed by atoms with van der Waals surface area (Å²) in [5.41, 5.74) is 0.798. The van der Waals surface area contributed by atoms with Crippen LogP contribution in [0.4, 0.5) is 0 Å². The first kappa shape index (κ1) is 34.4. The highest BCUT2D eigenvalue weighted by atomic mass is 16.5. The number of carbonyl (C=O) groups is 2. The Labute approximate surface area is 249 Å². The zero-order chi connectivity index (χ0) is 29.4. The van der Waals surface area contributed by atoms with Crippen molar-refractivity contribution >= 4 is 11.9 Å². The van der Waals surface area contributed by atoms with Gasteiger partial charge in [0.2, 0.25) is 0 Å². The largest absolute Gasteiger partial charge is 0.427 e. The van der Waals surface area contributed by atoms with Crippen LogP contribution in [0.15, 0.2) is 36.7 Å². The summed E-state index contributed by atoms with van der Waals surface area (Å²) in [5, 5.41) is 0. The summed E-state index contributed by atoms with van der Waals surface area (Å²) >= 11 is 0. The number of rotatable bonds is 24. The highest BCUT2D eigenvalue weighted by Gasteiger charge is 2.09. The molecule has 0 N–H and O–H groups in total. The molecule has 1 aromatic carbocycles. The molecule has 0 radical (unpaired) electrons. The summed E-state index contributed by atoms with van der Waals surface area (Å²) in [4.78, 5) is 33.0. The zero-order valence-electron chi connectivity index (χ0n) is 25.8. The van der Waals surface area contributed by atoms with Crippen LogP contribution in [0.3, 0.4) is 0 Å². The third-order valence-electron chi connectivity index (χ3n) is 7.42. The maximum Gasteiger partial charge on any atom is 0.311 e. The van der Waals surface area contributed by atoms with Crippen LogP contribution in [0.2, 0.25) is 0 Å². The Morgan fingerprint density at radius 3 is 1.29 bits per heavy atom. The SMILES string of the molecule is CCCCCCCCCCCCC(=O)Oc1cnc(-c2ccc(OC(=O)CCCCCCCCCCC)cc2)nc1. The van der Waals surface area contributed by atoms with Crippen molar-refractivity contribution in [2.24, 2.45) is 0 Å². The number of esters is 2. The predicted molar refractivity (Wildman–Crippen MR) is 167 cm³/mol. The number of benzene rings is 1. The van der Waals surface area contributed by atoms with E-state index in [4.69, 9.17) is 9.47 Å². The molecule has 0 amide bonds. The van der Waals surface area contributed by atoms with E-state index in [0.717, 1.165) is 31.2 Å². The molecule has 1 aromatic heterocycles. The summed E-state index contributed by atoms with van der Waals surface area (Å²) in [6, 6.07) is 7.17. The Bertz CT molecular complexity index is 944. The molecule has 0 spiro atoms. The summed E-state index contributed by atoms with van der Waals surface area (Å²) in [7, 11) is 0. The molecule has 0 aliphatic heterocycles. The predicted octanol–water partition coefficient (Wildman–Crippen LogP) is 10.2. The second kappa shape index (κ2) is 22.9. The van der Waals surface area contributed by atoms with Gasteiger partial charge < -0.3 is 9.47 Å². The number of hydrogen-bond acceptors (Lipinski definition) is 6. The minimum atomic E-state index is -0.241. The van der Waals surface area contributed by atoms with Gasteiger partial charge in [0.15, 0.2) is 11.6 Å². The molecule has 0 saturated carbocycles. The van der Waals surface area contributed by atoms with Crippen molar-refractivity contribution in [1.82, 2.24) is 9.97 Å². The van der Waals surface area contributed by atoms with Crippen molar-refractivity contribution in [3.05, 3.63) is 36.7 Å². The van der Waals surface area contributed by atoms with Gasteiger partial charge in [0, 0.05) is 18.4 Å². The topological polar surface area (TPSA) is 78.4 Å². The fourth-order valence-corrected chi connectivity index (χ4v) is 4.89. The van der Waals surface area contributed by atoms with Crippen LogP contribution in [0, 0.1) is 0 Å². The molecular weight excluding hydrogens is 512 g/mol. The molecule has 0 bridgehead atoms. The van der Waals surface area contributed by atoms with Gasteiger partial charge in [-0.15, -0.1) is 0 Å². The first-order valence-electron chi connectivity index (χ1n) is 16.5. The smallest absolute Gasteiger partial charge is 0.311 e. The zero-order valence-corrected chi connectivity index (χ0v) is 25.8. The Balaban J connectivity index is 1.58. The lowest BCUT2D eigenvalue weighted by Gasteiger charge is -2.07. The van der Waals surface area contributed by atoms with Crippen molar-refractivity contribution in [3.8, 4) is 22.9 Å². The minimum absolute atomic E-state index is 0.194. The number of nitrogens with zero attached hydrogens (tertiary/aromatic N) is 2. The Morgan fingerprint density at radius 1 is 0.512 bits per heavy atom. The number of unbranched alkanes of at least 4 members (excludes halogenated alkanes) is 17. The molecule has 228 valence electrons. The van der Waals surface area contributed by atoms with Gasteiger partial charge in [-0.2, -0.15) is 0 Å². The second-order valence-electron chi connectivity index (χ2n) is 11.2. The van der Waals surface area contributed by atoms with E-state index >= 15 is 0 Å². The van der Waals surface area contributed by atoms with Crippen LogP contribution in [-0.4, -0.2) is 21.9 Å². The van der Waals surface area contributed by atoms with Gasteiger partial charge in [0.05, 0.1) is 12.4 Å². The maximum atomic E-state index is 12.2. The number of aromatic nitrogens is 2. The average molecular weight is 567 g/mol. The van der Waals surface area contributed by atoms with Gasteiger partial charge in [-0.25, -0.2) is 9.97 Å². The summed E-state index contributed by atoms with van der Waals surface area (Å²) < 4.78 is 10.9. The van der Waals surface area contributed by atoms with E-state index in [1.807, 2.05) is 12.1 Å². The molecule has 1 heterocycles. The summed E-state index contributed by atoms with van der Waals surface area (Å²) in [6.45, 7) is 4.48. The molecule has 2 aromatic rings. The van der Waals surface area contributed by atoms with Crippen molar-refractivity contribution < 1.29 is 19.1 Å². The van der Waals surface area contributed by atoms with Gasteiger partial charge in [-0.05, 0) is 37.1 Å². The standard InChI is InChI=1S/C35H54N2O4/c1-3-5-7-9-11-13-15-17-19-21-23-34(39)41-32-28-36-35(37-29-32)30-24-26-31(27-25-30)40-33(38)22-20-18-16-14-12-10-8-6-4-2/h24-29H,3-23H2,1-2H3. The van der Waals surface area contributed by atoms with Crippen LogP contribution in [0.5, 0.6) is 11.5 Å². The molecule has 41 heavy (non-hydrogen) atoms. The van der Waals surface area contributed by atoms with Crippen LogP contribution < -0.4 is 9.47 Å². The molecule has 6 nitrogen and oxygen atoms in total. The van der Waals surface area contributed by atoms with E-state index in [2.05, 4.69) is 23.8 Å². The molecule has 0 unspecified atom stereocenters. The normalized spacial score (nSPS) is 11.0. The van der Waals surface area contributed by atoms with Crippen LogP contribution in [0.1, 0.15) is 149 Å². The molecule has 0 aliphatic carbocycles. The first-order chi connectivity index (χ1) is 20.1. The minimum Gasteiger partial charge on any atom is -0.427 e. The Morgan fingerprint density at radius 2 is 0.878 bits per heavy atom. The van der Waals surface area contributed by atoms with E-state index in [1.165, 1.54) is 109 Å². The molecule has 6 heteroatoms. The van der Waals surface area contributed by atoms with Crippen LogP contribution in [0.25, 0.3) is 11.4 Å². The lowest BCUT2D eigenvalue weighted by Crippen LogP contribution is -2.08. The average Bonchev–Trinajstić information content (AvgIpc) is 2.98. The fourth-order valence-electron chi connectivity index (χ4n) is 4.89. The van der Waals surface area contributed by atoms with Gasteiger partial charge >= 0.3 is 11.9 Å². The van der Waals surface area contributed by atoms with E-state index in [1.54, 1.807) is 12.1 Å². The van der Waals surface area contributed by atoms with Crippen molar-refractivity contribution in [3.63, 3.8) is 0 Å². The lowest BCUT2D eigenvalue weighted by atomic mass is 10.1. The Hall–Kier alpha value is -2.76. The molecular formula is C35H54N2O4. The van der Waals surface area contributed by atoms with E-state index in [-0.39, 0.29) is 11.9 Å². The first-order valence-corrected chi connectivity index (χ1v) is 16.5. The van der Waals surface area contributed by atoms with E-state index in [0.29, 0.717) is 30.2 Å². The Kier molecular flexibility index (Phi) is 19.2. The van der Waals surface area contributed by atoms with Crippen LogP contribution in [-0.2, 0) is 9.59 Å². The van der Waals surface area contributed by atoms with Crippen molar-refractivity contribution in [1.29, 1.82) is 0 Å². The van der Waals surface area contributed by atoms with Crippen LogP contribution >= 0.6 is 0 Å². The summed E-state index contributed by atoms with van der Waals surface area (Å²) in [6.07, 6.45) is 27.2. The third kappa shape index (κ3) is 16.9.